The van der Waals surface area contributed by atoms with E-state index in [4.69, 9.17) is 5.73 Å². The summed E-state index contributed by atoms with van der Waals surface area (Å²) in [5, 5.41) is 0. The Bertz CT molecular complexity index is 221. The molecule has 0 bridgehead atoms. The first-order valence-electron chi connectivity index (χ1n) is 5.03. The van der Waals surface area contributed by atoms with Gasteiger partial charge in [0.05, 0.1) is 13.1 Å². The van der Waals surface area contributed by atoms with Crippen molar-refractivity contribution in [3.63, 3.8) is 0 Å². The Morgan fingerprint density at radius 2 is 1.94 bits per heavy atom. The lowest BCUT2D eigenvalue weighted by molar-refractivity contribution is -0.150. The van der Waals surface area contributed by atoms with E-state index in [9.17, 15) is 18.0 Å². The van der Waals surface area contributed by atoms with Gasteiger partial charge in [0.15, 0.2) is 0 Å². The van der Waals surface area contributed by atoms with Crippen molar-refractivity contribution >= 4 is 5.91 Å². The third-order valence-electron chi connectivity index (χ3n) is 2.11. The van der Waals surface area contributed by atoms with E-state index in [0.29, 0.717) is 6.54 Å². The van der Waals surface area contributed by atoms with Crippen molar-refractivity contribution in [3.8, 4) is 0 Å². The molecule has 0 saturated carbocycles. The lowest BCUT2D eigenvalue weighted by Crippen LogP contribution is -2.44. The first kappa shape index (κ1) is 15.2. The van der Waals surface area contributed by atoms with Gasteiger partial charge < -0.3 is 10.6 Å². The van der Waals surface area contributed by atoms with E-state index in [1.807, 2.05) is 0 Å². The summed E-state index contributed by atoms with van der Waals surface area (Å²) in [5.41, 5.74) is 5.20. The van der Waals surface area contributed by atoms with Gasteiger partial charge in [0, 0.05) is 26.7 Å². The summed E-state index contributed by atoms with van der Waals surface area (Å²) in [7, 11) is 1.55. The van der Waals surface area contributed by atoms with Crippen molar-refractivity contribution in [1.82, 2.24) is 9.80 Å². The maximum absolute atomic E-state index is 12.2. The smallest absolute Gasteiger partial charge is 0.345 e. The number of likely N-dealkylation sites (N-methyl/N-ethyl adjacent to an activating group) is 1. The van der Waals surface area contributed by atoms with Gasteiger partial charge in [-0.2, -0.15) is 13.2 Å². The number of hydrogen-bond acceptors (Lipinski definition) is 3. The van der Waals surface area contributed by atoms with Crippen LogP contribution in [0, 0.1) is 0 Å². The van der Waals surface area contributed by atoms with Gasteiger partial charge in [-0.3, -0.25) is 9.69 Å². The number of rotatable bonds is 6. The minimum Gasteiger partial charge on any atom is -0.345 e. The fourth-order valence-corrected chi connectivity index (χ4v) is 1.14. The van der Waals surface area contributed by atoms with Gasteiger partial charge in [-0.15, -0.1) is 0 Å². The van der Waals surface area contributed by atoms with Crippen molar-refractivity contribution in [3.05, 3.63) is 0 Å². The molecular weight excluding hydrogens is 223 g/mol. The van der Waals surface area contributed by atoms with Gasteiger partial charge in [0.25, 0.3) is 0 Å². The highest BCUT2D eigenvalue weighted by Crippen LogP contribution is 2.16. The predicted molar refractivity (Wildman–Crippen MR) is 54.9 cm³/mol. The Morgan fingerprint density at radius 1 is 1.38 bits per heavy atom. The van der Waals surface area contributed by atoms with Crippen molar-refractivity contribution in [1.29, 1.82) is 0 Å². The minimum atomic E-state index is -4.31. The minimum absolute atomic E-state index is 0.0583. The van der Waals surface area contributed by atoms with Gasteiger partial charge >= 0.3 is 6.18 Å². The van der Waals surface area contributed by atoms with Crippen molar-refractivity contribution < 1.29 is 18.0 Å². The molecule has 2 N–H and O–H groups in total. The van der Waals surface area contributed by atoms with Gasteiger partial charge in [0.2, 0.25) is 5.91 Å². The van der Waals surface area contributed by atoms with E-state index in [0.717, 1.165) is 4.90 Å². The fraction of sp³-hybridized carbons (Fsp3) is 0.889. The molecule has 16 heavy (non-hydrogen) atoms. The number of hydrogen-bond donors (Lipinski definition) is 1. The summed E-state index contributed by atoms with van der Waals surface area (Å²) in [6, 6.07) is 0. The quantitative estimate of drug-likeness (QED) is 0.727. The van der Waals surface area contributed by atoms with Gasteiger partial charge in [-0.1, -0.05) is 0 Å². The summed E-state index contributed by atoms with van der Waals surface area (Å²) in [4.78, 5) is 13.8. The van der Waals surface area contributed by atoms with E-state index in [-0.39, 0.29) is 25.5 Å². The second-order valence-corrected chi connectivity index (χ2v) is 3.52. The molecule has 0 saturated heterocycles. The number of carbonyl (C=O) groups is 1. The predicted octanol–water partition coefficient (Wildman–Crippen LogP) is 0.288. The third-order valence-corrected chi connectivity index (χ3v) is 2.11. The van der Waals surface area contributed by atoms with Crippen LogP contribution in [0.1, 0.15) is 6.92 Å². The van der Waals surface area contributed by atoms with Crippen LogP contribution in [0.15, 0.2) is 0 Å². The molecule has 0 aromatic heterocycles. The highest BCUT2D eigenvalue weighted by Gasteiger charge is 2.31. The molecular formula is C9H18F3N3O. The Hall–Kier alpha value is -0.820. The van der Waals surface area contributed by atoms with Gasteiger partial charge in [-0.25, -0.2) is 0 Å². The zero-order valence-electron chi connectivity index (χ0n) is 9.55. The molecule has 0 aliphatic rings. The van der Waals surface area contributed by atoms with E-state index in [2.05, 4.69) is 0 Å². The number of carbonyl (C=O) groups excluding carboxylic acids is 1. The lowest BCUT2D eigenvalue weighted by atomic mass is 10.4. The highest BCUT2D eigenvalue weighted by molar-refractivity contribution is 5.77. The zero-order chi connectivity index (χ0) is 12.8. The number of halogens is 3. The molecule has 0 aromatic carbocycles. The second kappa shape index (κ2) is 6.70. The largest absolute Gasteiger partial charge is 0.401 e. The van der Waals surface area contributed by atoms with Crippen molar-refractivity contribution in [2.45, 2.75) is 13.1 Å². The Balaban J connectivity index is 4.28. The molecule has 0 radical (unpaired) electrons. The number of nitrogens with zero attached hydrogens (tertiary/aromatic N) is 2. The summed E-state index contributed by atoms with van der Waals surface area (Å²) in [6.07, 6.45) is -4.31. The third kappa shape index (κ3) is 6.62. The average Bonchev–Trinajstić information content (AvgIpc) is 2.14. The fourth-order valence-electron chi connectivity index (χ4n) is 1.14. The summed E-state index contributed by atoms with van der Waals surface area (Å²) in [5.74, 6) is -0.333. The second-order valence-electron chi connectivity index (χ2n) is 3.52. The number of amides is 1. The molecule has 0 unspecified atom stereocenters. The van der Waals surface area contributed by atoms with Crippen molar-refractivity contribution in [2.75, 3.05) is 39.8 Å². The lowest BCUT2D eigenvalue weighted by Gasteiger charge is -2.24. The molecule has 0 rings (SSSR count). The standard InChI is InChI=1S/C9H18F3N3O/c1-3-14(2)8(16)6-15(5-4-13)7-9(10,11)12/h3-7,13H2,1-2H3. The van der Waals surface area contributed by atoms with E-state index in [1.54, 1.807) is 14.0 Å². The Kier molecular flexibility index (Phi) is 6.35. The average molecular weight is 241 g/mol. The zero-order valence-corrected chi connectivity index (χ0v) is 9.55. The first-order valence-corrected chi connectivity index (χ1v) is 5.03. The molecule has 1 amide bonds. The summed E-state index contributed by atoms with van der Waals surface area (Å²) < 4.78 is 36.5. The normalized spacial score (nSPS) is 11.9. The van der Waals surface area contributed by atoms with Crippen LogP contribution in [-0.2, 0) is 4.79 Å². The van der Waals surface area contributed by atoms with E-state index < -0.39 is 12.7 Å². The van der Waals surface area contributed by atoms with Crippen LogP contribution >= 0.6 is 0 Å². The molecule has 0 fully saturated rings. The molecule has 0 atom stereocenters. The van der Waals surface area contributed by atoms with Gasteiger partial charge in [0.1, 0.15) is 0 Å². The molecule has 0 aromatic rings. The van der Waals surface area contributed by atoms with Gasteiger partial charge in [-0.05, 0) is 6.92 Å². The first-order chi connectivity index (χ1) is 7.30. The van der Waals surface area contributed by atoms with E-state index >= 15 is 0 Å². The SMILES string of the molecule is CCN(C)C(=O)CN(CCN)CC(F)(F)F. The summed E-state index contributed by atoms with van der Waals surface area (Å²) >= 11 is 0. The Morgan fingerprint density at radius 3 is 2.31 bits per heavy atom. The molecule has 96 valence electrons. The highest BCUT2D eigenvalue weighted by atomic mass is 19.4. The van der Waals surface area contributed by atoms with Crippen LogP contribution in [0.25, 0.3) is 0 Å². The van der Waals surface area contributed by atoms with Crippen LogP contribution in [0.5, 0.6) is 0 Å². The molecule has 7 heteroatoms. The summed E-state index contributed by atoms with van der Waals surface area (Å²) in [6.45, 7) is 1.03. The van der Waals surface area contributed by atoms with Crippen molar-refractivity contribution in [2.24, 2.45) is 5.73 Å². The maximum atomic E-state index is 12.2. The maximum Gasteiger partial charge on any atom is 0.401 e. The van der Waals surface area contributed by atoms with Crippen LogP contribution in [0.3, 0.4) is 0 Å². The van der Waals surface area contributed by atoms with E-state index in [1.165, 1.54) is 4.90 Å². The molecule has 4 nitrogen and oxygen atoms in total. The molecule has 0 aliphatic carbocycles. The number of nitrogens with two attached hydrogens (primary N) is 1. The topological polar surface area (TPSA) is 49.6 Å². The van der Waals surface area contributed by atoms with Crippen LogP contribution in [0.4, 0.5) is 13.2 Å². The van der Waals surface area contributed by atoms with Crippen LogP contribution in [0.2, 0.25) is 0 Å². The molecule has 0 heterocycles. The Labute approximate surface area is 93.2 Å². The molecule has 0 aliphatic heterocycles. The monoisotopic (exact) mass is 241 g/mol. The van der Waals surface area contributed by atoms with Crippen LogP contribution in [-0.4, -0.2) is 61.7 Å². The number of alkyl halides is 3. The van der Waals surface area contributed by atoms with Crippen LogP contribution < -0.4 is 5.73 Å². The molecule has 0 spiro atoms.